The van der Waals surface area contributed by atoms with Gasteiger partial charge in [0, 0.05) is 11.1 Å². The third-order valence-electron chi connectivity index (χ3n) is 2.02. The van der Waals surface area contributed by atoms with Gasteiger partial charge in [-0.3, -0.25) is 4.72 Å². The lowest BCUT2D eigenvalue weighted by Crippen LogP contribution is -2.12. The van der Waals surface area contributed by atoms with Crippen molar-refractivity contribution < 1.29 is 8.42 Å². The van der Waals surface area contributed by atoms with Gasteiger partial charge in [-0.15, -0.1) is 23.1 Å². The minimum atomic E-state index is -3.60. The number of hydrogen-bond acceptors (Lipinski definition) is 5. The number of thiophene rings is 1. The molecule has 8 heteroatoms. The molecule has 2 heterocycles. The summed E-state index contributed by atoms with van der Waals surface area (Å²) in [4.78, 5) is 5.00. The number of nitrogens with one attached hydrogen (secondary N) is 1. The van der Waals surface area contributed by atoms with Crippen molar-refractivity contribution in [1.29, 1.82) is 0 Å². The van der Waals surface area contributed by atoms with Gasteiger partial charge in [-0.1, -0.05) is 11.6 Å². The molecule has 0 bridgehead atoms. The van der Waals surface area contributed by atoms with Crippen molar-refractivity contribution in [1.82, 2.24) is 4.98 Å². The van der Waals surface area contributed by atoms with E-state index in [1.165, 1.54) is 6.07 Å². The van der Waals surface area contributed by atoms with Gasteiger partial charge in [-0.25, -0.2) is 13.4 Å². The van der Waals surface area contributed by atoms with Crippen molar-refractivity contribution in [3.8, 4) is 0 Å². The number of pyridine rings is 1. The number of halogens is 1. The van der Waals surface area contributed by atoms with Crippen LogP contribution in [0.15, 0.2) is 39.6 Å². The van der Waals surface area contributed by atoms with Crippen molar-refractivity contribution in [2.45, 2.75) is 9.10 Å². The first kappa shape index (κ1) is 13.7. The van der Waals surface area contributed by atoms with E-state index in [1.807, 2.05) is 6.26 Å². The zero-order valence-electron chi connectivity index (χ0n) is 9.25. The summed E-state index contributed by atoms with van der Waals surface area (Å²) in [5, 5.41) is 0. The fourth-order valence-electron chi connectivity index (χ4n) is 1.19. The maximum atomic E-state index is 12.0. The summed E-state index contributed by atoms with van der Waals surface area (Å²) in [5.41, 5.74) is 0. The number of aromatic nitrogens is 1. The van der Waals surface area contributed by atoms with Crippen LogP contribution in [0.3, 0.4) is 0 Å². The molecule has 0 aromatic carbocycles. The molecule has 0 aliphatic rings. The van der Waals surface area contributed by atoms with Crippen molar-refractivity contribution in [2.75, 3.05) is 11.0 Å². The Morgan fingerprint density at radius 2 is 2.11 bits per heavy atom. The van der Waals surface area contributed by atoms with Crippen LogP contribution in [0, 0.1) is 0 Å². The number of anilines is 1. The average molecular weight is 321 g/mol. The van der Waals surface area contributed by atoms with Gasteiger partial charge in [-0.2, -0.15) is 0 Å². The minimum Gasteiger partial charge on any atom is -0.263 e. The quantitative estimate of drug-likeness (QED) is 0.878. The van der Waals surface area contributed by atoms with Crippen LogP contribution in [0.1, 0.15) is 0 Å². The van der Waals surface area contributed by atoms with E-state index < -0.39 is 10.0 Å². The molecule has 0 unspecified atom stereocenters. The summed E-state index contributed by atoms with van der Waals surface area (Å²) in [6.07, 6.45) is 3.54. The molecule has 0 spiro atoms. The fourth-order valence-corrected chi connectivity index (χ4v) is 4.04. The molecule has 2 aromatic rings. The second-order valence-corrected chi connectivity index (χ2v) is 7.75. The number of sulfonamides is 1. The van der Waals surface area contributed by atoms with E-state index in [0.717, 1.165) is 16.2 Å². The lowest BCUT2D eigenvalue weighted by atomic mass is 10.5. The molecule has 96 valence electrons. The maximum Gasteiger partial charge on any atom is 0.272 e. The molecule has 1 N–H and O–H groups in total. The highest BCUT2D eigenvalue weighted by Gasteiger charge is 2.17. The van der Waals surface area contributed by atoms with Crippen LogP contribution in [0.25, 0.3) is 0 Å². The summed E-state index contributed by atoms with van der Waals surface area (Å²) in [5.74, 6) is 0.289. The summed E-state index contributed by atoms with van der Waals surface area (Å²) >= 11 is 8.26. The van der Waals surface area contributed by atoms with Crippen LogP contribution in [-0.2, 0) is 10.0 Å². The molecule has 2 aromatic heterocycles. The molecular formula is C10H9ClN2O2S3. The molecule has 2 rings (SSSR count). The monoisotopic (exact) mass is 320 g/mol. The van der Waals surface area contributed by atoms with E-state index in [4.69, 9.17) is 11.6 Å². The number of hydrogen-bond donors (Lipinski definition) is 1. The Morgan fingerprint density at radius 3 is 2.61 bits per heavy atom. The van der Waals surface area contributed by atoms with Gasteiger partial charge in [-0.05, 0) is 30.5 Å². The van der Waals surface area contributed by atoms with Crippen LogP contribution < -0.4 is 4.72 Å². The molecule has 0 aliphatic carbocycles. The fraction of sp³-hybridized carbons (Fsp3) is 0.100. The van der Waals surface area contributed by atoms with E-state index in [9.17, 15) is 8.42 Å². The van der Waals surface area contributed by atoms with Gasteiger partial charge >= 0.3 is 0 Å². The van der Waals surface area contributed by atoms with Crippen LogP contribution in [0.2, 0.25) is 4.34 Å². The van der Waals surface area contributed by atoms with Gasteiger partial charge in [0.05, 0.1) is 4.34 Å². The molecule has 0 radical (unpaired) electrons. The average Bonchev–Trinajstić information content (AvgIpc) is 2.77. The van der Waals surface area contributed by atoms with Crippen molar-refractivity contribution in [3.63, 3.8) is 0 Å². The van der Waals surface area contributed by atoms with Gasteiger partial charge in [0.1, 0.15) is 10.0 Å². The summed E-state index contributed by atoms with van der Waals surface area (Å²) in [6, 6.07) is 6.44. The lowest BCUT2D eigenvalue weighted by molar-refractivity contribution is 0.603. The Labute approximate surface area is 118 Å². The second kappa shape index (κ2) is 5.48. The topological polar surface area (TPSA) is 59.1 Å². The van der Waals surface area contributed by atoms with Crippen molar-refractivity contribution >= 4 is 50.5 Å². The van der Waals surface area contributed by atoms with Crippen LogP contribution in [-0.4, -0.2) is 19.7 Å². The second-order valence-electron chi connectivity index (χ2n) is 3.25. The number of rotatable bonds is 4. The first-order valence-electron chi connectivity index (χ1n) is 4.79. The third kappa shape index (κ3) is 3.17. The molecule has 18 heavy (non-hydrogen) atoms. The molecule has 0 saturated carbocycles. The van der Waals surface area contributed by atoms with E-state index in [1.54, 1.807) is 36.2 Å². The highest BCUT2D eigenvalue weighted by molar-refractivity contribution is 7.98. The minimum absolute atomic E-state index is 0.170. The Morgan fingerprint density at radius 1 is 1.33 bits per heavy atom. The Hall–Kier alpha value is -0.760. The van der Waals surface area contributed by atoms with Gasteiger partial charge in [0.2, 0.25) is 0 Å². The first-order chi connectivity index (χ1) is 8.51. The summed E-state index contributed by atoms with van der Waals surface area (Å²) < 4.78 is 26.9. The van der Waals surface area contributed by atoms with E-state index in [-0.39, 0.29) is 10.0 Å². The van der Waals surface area contributed by atoms with E-state index in [0.29, 0.717) is 4.34 Å². The van der Waals surface area contributed by atoms with Gasteiger partial charge < -0.3 is 0 Å². The van der Waals surface area contributed by atoms with E-state index >= 15 is 0 Å². The standard InChI is InChI=1S/C10H9ClN2O2S3/c1-16-7-2-4-9(12-6-7)13-18(14,15)10-5-3-8(11)17-10/h2-6H,1H3,(H,12,13). The molecule has 0 saturated heterocycles. The maximum absolute atomic E-state index is 12.0. The van der Waals surface area contributed by atoms with Gasteiger partial charge in [0.25, 0.3) is 10.0 Å². The van der Waals surface area contributed by atoms with Crippen LogP contribution >= 0.6 is 34.7 Å². The number of nitrogens with zero attached hydrogens (tertiary/aromatic N) is 1. The first-order valence-corrected chi connectivity index (χ1v) is 8.70. The lowest BCUT2D eigenvalue weighted by Gasteiger charge is -2.05. The third-order valence-corrected chi connectivity index (χ3v) is 5.81. The van der Waals surface area contributed by atoms with Crippen molar-refractivity contribution in [3.05, 3.63) is 34.8 Å². The summed E-state index contributed by atoms with van der Waals surface area (Å²) in [7, 11) is -3.60. The predicted molar refractivity (Wildman–Crippen MR) is 76.2 cm³/mol. The molecule has 4 nitrogen and oxygen atoms in total. The number of thioether (sulfide) groups is 1. The molecule has 0 fully saturated rings. The zero-order valence-corrected chi connectivity index (χ0v) is 12.5. The Balaban J connectivity index is 2.22. The van der Waals surface area contributed by atoms with Gasteiger partial charge in [0.15, 0.2) is 0 Å². The normalized spacial score (nSPS) is 11.4. The molecular weight excluding hydrogens is 312 g/mol. The van der Waals surface area contributed by atoms with Crippen molar-refractivity contribution in [2.24, 2.45) is 0 Å². The SMILES string of the molecule is CSc1ccc(NS(=O)(=O)c2ccc(Cl)s2)nc1. The zero-order chi connectivity index (χ0) is 13.2. The Bertz CT molecular complexity index is 637. The highest BCUT2D eigenvalue weighted by Crippen LogP contribution is 2.27. The predicted octanol–water partition coefficient (Wildman–Crippen LogP) is 3.32. The Kier molecular flexibility index (Phi) is 4.16. The smallest absolute Gasteiger partial charge is 0.263 e. The largest absolute Gasteiger partial charge is 0.272 e. The van der Waals surface area contributed by atoms with Crippen LogP contribution in [0.5, 0.6) is 0 Å². The van der Waals surface area contributed by atoms with Crippen LogP contribution in [0.4, 0.5) is 5.82 Å². The molecule has 0 aliphatic heterocycles. The molecule has 0 amide bonds. The highest BCUT2D eigenvalue weighted by atomic mass is 35.5. The summed E-state index contributed by atoms with van der Waals surface area (Å²) in [6.45, 7) is 0. The molecule has 0 atom stereocenters. The van der Waals surface area contributed by atoms with E-state index in [2.05, 4.69) is 9.71 Å².